The van der Waals surface area contributed by atoms with Gasteiger partial charge in [-0.15, -0.1) is 0 Å². The third-order valence-corrected chi connectivity index (χ3v) is 2.02. The van der Waals surface area contributed by atoms with Gasteiger partial charge in [-0.3, -0.25) is 5.41 Å². The SMILES string of the molecule is COc1cc(C)c(C(=N)N)cc1OC. The molecular weight excluding hydrogens is 180 g/mol. The van der Waals surface area contributed by atoms with E-state index in [1.807, 2.05) is 6.92 Å². The standard InChI is InChI=1S/C10H14N2O2/c1-6-4-8(13-2)9(14-3)5-7(6)10(11)12/h4-5H,1-3H3,(H3,11,12). The van der Waals surface area contributed by atoms with E-state index in [0.29, 0.717) is 17.1 Å². The fourth-order valence-corrected chi connectivity index (χ4v) is 1.27. The highest BCUT2D eigenvalue weighted by molar-refractivity contribution is 5.97. The second-order valence-electron chi connectivity index (χ2n) is 2.94. The Morgan fingerprint density at radius 3 is 2.14 bits per heavy atom. The summed E-state index contributed by atoms with van der Waals surface area (Å²) in [4.78, 5) is 0. The van der Waals surface area contributed by atoms with Gasteiger partial charge in [-0.25, -0.2) is 0 Å². The van der Waals surface area contributed by atoms with Crippen molar-refractivity contribution in [3.63, 3.8) is 0 Å². The van der Waals surface area contributed by atoms with Crippen LogP contribution in [0.1, 0.15) is 11.1 Å². The minimum absolute atomic E-state index is 0.0310. The van der Waals surface area contributed by atoms with Crippen LogP contribution < -0.4 is 15.2 Å². The number of methoxy groups -OCH3 is 2. The molecule has 1 aromatic rings. The van der Waals surface area contributed by atoms with E-state index >= 15 is 0 Å². The molecule has 0 spiro atoms. The molecule has 0 atom stereocenters. The summed E-state index contributed by atoms with van der Waals surface area (Å²) < 4.78 is 10.2. The lowest BCUT2D eigenvalue weighted by Gasteiger charge is -2.11. The molecule has 0 aromatic heterocycles. The Labute approximate surface area is 83.1 Å². The van der Waals surface area contributed by atoms with Crippen molar-refractivity contribution in [2.24, 2.45) is 5.73 Å². The lowest BCUT2D eigenvalue weighted by atomic mass is 10.1. The van der Waals surface area contributed by atoms with Crippen LogP contribution in [0.4, 0.5) is 0 Å². The van der Waals surface area contributed by atoms with E-state index < -0.39 is 0 Å². The Hall–Kier alpha value is -1.71. The van der Waals surface area contributed by atoms with Crippen molar-refractivity contribution in [3.05, 3.63) is 23.3 Å². The first-order valence-electron chi connectivity index (χ1n) is 4.17. The lowest BCUT2D eigenvalue weighted by molar-refractivity contribution is 0.354. The molecule has 3 N–H and O–H groups in total. The van der Waals surface area contributed by atoms with Crippen LogP contribution in [0.15, 0.2) is 12.1 Å². The molecule has 0 aliphatic carbocycles. The third-order valence-electron chi connectivity index (χ3n) is 2.02. The van der Waals surface area contributed by atoms with Gasteiger partial charge in [0, 0.05) is 5.56 Å². The first-order valence-corrected chi connectivity index (χ1v) is 4.17. The lowest BCUT2D eigenvalue weighted by Crippen LogP contribution is -2.13. The number of aryl methyl sites for hydroxylation is 1. The van der Waals surface area contributed by atoms with Gasteiger partial charge in [0.25, 0.3) is 0 Å². The average molecular weight is 194 g/mol. The van der Waals surface area contributed by atoms with Crippen molar-refractivity contribution in [1.82, 2.24) is 0 Å². The molecule has 14 heavy (non-hydrogen) atoms. The Morgan fingerprint density at radius 1 is 1.21 bits per heavy atom. The first kappa shape index (κ1) is 10.4. The normalized spacial score (nSPS) is 9.64. The molecule has 1 aromatic carbocycles. The van der Waals surface area contributed by atoms with E-state index in [9.17, 15) is 0 Å². The van der Waals surface area contributed by atoms with Crippen molar-refractivity contribution in [2.75, 3.05) is 14.2 Å². The van der Waals surface area contributed by atoms with Crippen LogP contribution in [0, 0.1) is 12.3 Å². The number of nitrogens with one attached hydrogen (secondary N) is 1. The highest BCUT2D eigenvalue weighted by atomic mass is 16.5. The number of hydrogen-bond donors (Lipinski definition) is 2. The van der Waals surface area contributed by atoms with Gasteiger partial charge in [0.05, 0.1) is 14.2 Å². The monoisotopic (exact) mass is 194 g/mol. The van der Waals surface area contributed by atoms with Crippen molar-refractivity contribution in [2.45, 2.75) is 6.92 Å². The van der Waals surface area contributed by atoms with Gasteiger partial charge in [0.2, 0.25) is 0 Å². The first-order chi connectivity index (χ1) is 6.60. The highest BCUT2D eigenvalue weighted by Gasteiger charge is 2.09. The van der Waals surface area contributed by atoms with Gasteiger partial charge in [0.15, 0.2) is 11.5 Å². The zero-order chi connectivity index (χ0) is 10.7. The maximum Gasteiger partial charge on any atom is 0.161 e. The maximum absolute atomic E-state index is 7.36. The van der Waals surface area contributed by atoms with Gasteiger partial charge in [-0.05, 0) is 24.6 Å². The summed E-state index contributed by atoms with van der Waals surface area (Å²) in [6.07, 6.45) is 0. The number of hydrogen-bond acceptors (Lipinski definition) is 3. The molecule has 4 heteroatoms. The number of amidine groups is 1. The smallest absolute Gasteiger partial charge is 0.161 e. The number of nitrogen functional groups attached to an aromatic ring is 1. The van der Waals surface area contributed by atoms with E-state index in [0.717, 1.165) is 5.56 Å². The fourth-order valence-electron chi connectivity index (χ4n) is 1.27. The van der Waals surface area contributed by atoms with Crippen LogP contribution in [0.3, 0.4) is 0 Å². The highest BCUT2D eigenvalue weighted by Crippen LogP contribution is 2.29. The number of ether oxygens (including phenoxy) is 2. The molecule has 0 aliphatic rings. The molecule has 0 amide bonds. The number of rotatable bonds is 3. The Bertz CT molecular complexity index is 361. The summed E-state index contributed by atoms with van der Waals surface area (Å²) in [5, 5.41) is 7.36. The molecule has 0 radical (unpaired) electrons. The van der Waals surface area contributed by atoms with E-state index in [1.165, 1.54) is 0 Å². The van der Waals surface area contributed by atoms with E-state index in [-0.39, 0.29) is 5.84 Å². The largest absolute Gasteiger partial charge is 0.493 e. The van der Waals surface area contributed by atoms with Gasteiger partial charge in [0.1, 0.15) is 5.84 Å². The van der Waals surface area contributed by atoms with Gasteiger partial charge < -0.3 is 15.2 Å². The second-order valence-corrected chi connectivity index (χ2v) is 2.94. The van der Waals surface area contributed by atoms with E-state index in [1.54, 1.807) is 26.4 Å². The van der Waals surface area contributed by atoms with Crippen LogP contribution >= 0.6 is 0 Å². The summed E-state index contributed by atoms with van der Waals surface area (Å²) in [7, 11) is 3.13. The molecule has 0 saturated heterocycles. The third kappa shape index (κ3) is 1.79. The summed E-state index contributed by atoms with van der Waals surface area (Å²) in [5.74, 6) is 1.27. The quantitative estimate of drug-likeness (QED) is 0.563. The topological polar surface area (TPSA) is 68.3 Å². The van der Waals surface area contributed by atoms with Crippen molar-refractivity contribution >= 4 is 5.84 Å². The van der Waals surface area contributed by atoms with Crippen LogP contribution in [0.5, 0.6) is 11.5 Å². The summed E-state index contributed by atoms with van der Waals surface area (Å²) in [6, 6.07) is 3.51. The van der Waals surface area contributed by atoms with Gasteiger partial charge >= 0.3 is 0 Å². The van der Waals surface area contributed by atoms with Gasteiger partial charge in [-0.1, -0.05) is 0 Å². The van der Waals surface area contributed by atoms with Crippen molar-refractivity contribution in [1.29, 1.82) is 5.41 Å². The average Bonchev–Trinajstić information content (AvgIpc) is 2.16. The fraction of sp³-hybridized carbons (Fsp3) is 0.300. The van der Waals surface area contributed by atoms with Crippen LogP contribution in [-0.4, -0.2) is 20.1 Å². The molecule has 0 bridgehead atoms. The Balaban J connectivity index is 3.30. The minimum Gasteiger partial charge on any atom is -0.493 e. The zero-order valence-corrected chi connectivity index (χ0v) is 8.55. The van der Waals surface area contributed by atoms with E-state index in [2.05, 4.69) is 0 Å². The molecule has 0 fully saturated rings. The summed E-state index contributed by atoms with van der Waals surface area (Å²) in [5.41, 5.74) is 6.98. The van der Waals surface area contributed by atoms with Crippen LogP contribution in [-0.2, 0) is 0 Å². The molecule has 4 nitrogen and oxygen atoms in total. The van der Waals surface area contributed by atoms with Gasteiger partial charge in [-0.2, -0.15) is 0 Å². The van der Waals surface area contributed by atoms with Crippen LogP contribution in [0.2, 0.25) is 0 Å². The zero-order valence-electron chi connectivity index (χ0n) is 8.55. The molecule has 0 unspecified atom stereocenters. The Kier molecular flexibility index (Phi) is 2.96. The predicted octanol–water partition coefficient (Wildman–Crippen LogP) is 1.30. The summed E-state index contributed by atoms with van der Waals surface area (Å²) in [6.45, 7) is 1.87. The maximum atomic E-state index is 7.36. The van der Waals surface area contributed by atoms with Crippen molar-refractivity contribution < 1.29 is 9.47 Å². The van der Waals surface area contributed by atoms with E-state index in [4.69, 9.17) is 20.6 Å². The predicted molar refractivity (Wildman–Crippen MR) is 55.3 cm³/mol. The number of nitrogens with two attached hydrogens (primary N) is 1. The molecule has 0 heterocycles. The minimum atomic E-state index is 0.0310. The molecular formula is C10H14N2O2. The number of benzene rings is 1. The molecule has 76 valence electrons. The van der Waals surface area contributed by atoms with Crippen molar-refractivity contribution in [3.8, 4) is 11.5 Å². The summed E-state index contributed by atoms with van der Waals surface area (Å²) >= 11 is 0. The Morgan fingerprint density at radius 2 is 1.71 bits per heavy atom. The molecule has 1 rings (SSSR count). The van der Waals surface area contributed by atoms with Crippen LogP contribution in [0.25, 0.3) is 0 Å². The molecule has 0 saturated carbocycles. The second kappa shape index (κ2) is 4.00. The molecule has 0 aliphatic heterocycles.